The Morgan fingerprint density at radius 3 is 2.63 bits per heavy atom. The molecule has 1 heterocycles. The van der Waals surface area contributed by atoms with Gasteiger partial charge in [-0.15, -0.1) is 0 Å². The van der Waals surface area contributed by atoms with Gasteiger partial charge in [0.25, 0.3) is 0 Å². The van der Waals surface area contributed by atoms with Crippen LogP contribution >= 0.6 is 0 Å². The molecule has 19 heavy (non-hydrogen) atoms. The van der Waals surface area contributed by atoms with Crippen molar-refractivity contribution in [2.24, 2.45) is 0 Å². The predicted molar refractivity (Wildman–Crippen MR) is 68.3 cm³/mol. The van der Waals surface area contributed by atoms with Crippen LogP contribution in [0.15, 0.2) is 6.07 Å². The molecule has 0 saturated carbocycles. The van der Waals surface area contributed by atoms with Crippen molar-refractivity contribution in [2.75, 3.05) is 7.11 Å². The first-order valence-corrected chi connectivity index (χ1v) is 5.94. The van der Waals surface area contributed by atoms with E-state index in [-0.39, 0.29) is 46.4 Å². The van der Waals surface area contributed by atoms with Gasteiger partial charge in [-0.25, -0.2) is 0 Å². The fourth-order valence-electron chi connectivity index (χ4n) is 2.28. The number of benzene rings is 1. The molecular formula is C14H16O5. The first kappa shape index (κ1) is 13.4. The van der Waals surface area contributed by atoms with Crippen LogP contribution in [0.25, 0.3) is 0 Å². The number of aromatic hydroxyl groups is 1. The summed E-state index contributed by atoms with van der Waals surface area (Å²) in [6.07, 6.45) is 0.150. The van der Waals surface area contributed by atoms with Gasteiger partial charge in [-0.1, -0.05) is 0 Å². The molecule has 0 unspecified atom stereocenters. The molecule has 2 rings (SSSR count). The highest BCUT2D eigenvalue weighted by Gasteiger charge is 2.37. The lowest BCUT2D eigenvalue weighted by atomic mass is 9.90. The Hall–Kier alpha value is -2.04. The van der Waals surface area contributed by atoms with Crippen LogP contribution in [-0.2, 0) is 0 Å². The minimum absolute atomic E-state index is 0.0120. The maximum Gasteiger partial charge on any atom is 0.174 e. The van der Waals surface area contributed by atoms with Gasteiger partial charge in [0.15, 0.2) is 11.6 Å². The first-order chi connectivity index (χ1) is 8.76. The molecule has 1 aromatic rings. The molecule has 0 amide bonds. The molecule has 5 nitrogen and oxygen atoms in total. The van der Waals surface area contributed by atoms with Crippen LogP contribution in [0.5, 0.6) is 17.2 Å². The zero-order chi connectivity index (χ0) is 14.4. The van der Waals surface area contributed by atoms with Crippen LogP contribution in [-0.4, -0.2) is 29.4 Å². The number of hydrogen-bond acceptors (Lipinski definition) is 5. The summed E-state index contributed by atoms with van der Waals surface area (Å²) in [5.41, 5.74) is -0.567. The van der Waals surface area contributed by atoms with E-state index in [1.165, 1.54) is 20.1 Å². The van der Waals surface area contributed by atoms with Gasteiger partial charge in [-0.3, -0.25) is 9.59 Å². The molecule has 102 valence electrons. The molecule has 0 aliphatic carbocycles. The predicted octanol–water partition coefficient (Wildman–Crippen LogP) is 2.35. The quantitative estimate of drug-likeness (QED) is 0.830. The minimum Gasteiger partial charge on any atom is -0.506 e. The Morgan fingerprint density at radius 1 is 1.47 bits per heavy atom. The Bertz CT molecular complexity index is 572. The molecule has 1 N–H and O–H groups in total. The lowest BCUT2D eigenvalue weighted by Gasteiger charge is -2.32. The molecular weight excluding hydrogens is 248 g/mol. The zero-order valence-corrected chi connectivity index (χ0v) is 11.4. The third-order valence-corrected chi connectivity index (χ3v) is 3.05. The van der Waals surface area contributed by atoms with Gasteiger partial charge in [0.1, 0.15) is 34.0 Å². The third-order valence-electron chi connectivity index (χ3n) is 3.05. The molecule has 0 fully saturated rings. The smallest absolute Gasteiger partial charge is 0.174 e. The zero-order valence-electron chi connectivity index (χ0n) is 11.4. The van der Waals surface area contributed by atoms with E-state index in [0.29, 0.717) is 0 Å². The summed E-state index contributed by atoms with van der Waals surface area (Å²) >= 11 is 0. The monoisotopic (exact) mass is 264 g/mol. The lowest BCUT2D eigenvalue weighted by molar-refractivity contribution is 0.0612. The molecule has 0 radical (unpaired) electrons. The summed E-state index contributed by atoms with van der Waals surface area (Å²) in [7, 11) is 1.39. The number of fused-ring (bicyclic) bond motifs is 1. The second-order valence-electron chi connectivity index (χ2n) is 5.19. The Kier molecular flexibility index (Phi) is 3.00. The van der Waals surface area contributed by atoms with Gasteiger partial charge in [0.2, 0.25) is 0 Å². The van der Waals surface area contributed by atoms with Crippen LogP contribution in [0.3, 0.4) is 0 Å². The van der Waals surface area contributed by atoms with E-state index in [4.69, 9.17) is 9.47 Å². The van der Waals surface area contributed by atoms with Crippen molar-refractivity contribution < 1.29 is 24.2 Å². The highest BCUT2D eigenvalue weighted by Crippen LogP contribution is 2.44. The molecule has 1 aliphatic rings. The maximum absolute atomic E-state index is 12.1. The van der Waals surface area contributed by atoms with Crippen LogP contribution in [0.1, 0.15) is 47.9 Å². The summed E-state index contributed by atoms with van der Waals surface area (Å²) in [4.78, 5) is 23.7. The number of phenolic OH excluding ortho intramolecular Hbond substituents is 1. The van der Waals surface area contributed by atoms with Crippen molar-refractivity contribution in [3.8, 4) is 17.2 Å². The normalized spacial score (nSPS) is 16.5. The van der Waals surface area contributed by atoms with E-state index < -0.39 is 5.60 Å². The molecule has 0 bridgehead atoms. The molecule has 0 aromatic heterocycles. The van der Waals surface area contributed by atoms with E-state index >= 15 is 0 Å². The van der Waals surface area contributed by atoms with Crippen LogP contribution in [0, 0.1) is 0 Å². The van der Waals surface area contributed by atoms with Gasteiger partial charge in [-0.2, -0.15) is 0 Å². The highest BCUT2D eigenvalue weighted by atomic mass is 16.5. The number of carbonyl (C=O) groups excluding carboxylic acids is 2. The van der Waals surface area contributed by atoms with Crippen LogP contribution in [0.2, 0.25) is 0 Å². The second kappa shape index (κ2) is 4.26. The van der Waals surface area contributed by atoms with E-state index in [2.05, 4.69) is 0 Å². The van der Waals surface area contributed by atoms with Crippen molar-refractivity contribution >= 4 is 11.6 Å². The van der Waals surface area contributed by atoms with Crippen molar-refractivity contribution in [3.05, 3.63) is 17.2 Å². The summed E-state index contributed by atoms with van der Waals surface area (Å²) in [5, 5.41) is 10.2. The van der Waals surface area contributed by atoms with Crippen LogP contribution < -0.4 is 9.47 Å². The first-order valence-electron chi connectivity index (χ1n) is 5.94. The van der Waals surface area contributed by atoms with Gasteiger partial charge in [-0.05, 0) is 20.8 Å². The maximum atomic E-state index is 12.1. The van der Waals surface area contributed by atoms with E-state index in [9.17, 15) is 14.7 Å². The van der Waals surface area contributed by atoms with Gasteiger partial charge in [0.05, 0.1) is 13.5 Å². The number of methoxy groups -OCH3 is 1. The Balaban J connectivity index is 2.72. The molecule has 0 spiro atoms. The highest BCUT2D eigenvalue weighted by molar-refractivity contribution is 6.09. The molecule has 0 saturated heterocycles. The molecule has 5 heteroatoms. The summed E-state index contributed by atoms with van der Waals surface area (Å²) < 4.78 is 10.8. The van der Waals surface area contributed by atoms with Crippen molar-refractivity contribution in [3.63, 3.8) is 0 Å². The number of ketones is 2. The number of phenols is 1. The molecule has 1 aliphatic heterocycles. The fourth-order valence-corrected chi connectivity index (χ4v) is 2.28. The standard InChI is InChI=1S/C14H16O5/c1-7(15)11-9(18-4)5-10-12(13(11)17)8(16)6-14(2,3)19-10/h5,17H,6H2,1-4H3. The number of rotatable bonds is 2. The summed E-state index contributed by atoms with van der Waals surface area (Å²) in [6, 6.07) is 1.48. The Labute approximate surface area is 111 Å². The average Bonchev–Trinajstić information content (AvgIpc) is 2.24. The number of hydrogen-bond donors (Lipinski definition) is 1. The number of ether oxygens (including phenoxy) is 2. The second-order valence-corrected chi connectivity index (χ2v) is 5.19. The Morgan fingerprint density at radius 2 is 2.11 bits per heavy atom. The molecule has 0 atom stereocenters. The van der Waals surface area contributed by atoms with Gasteiger partial charge < -0.3 is 14.6 Å². The topological polar surface area (TPSA) is 72.8 Å². The number of Topliss-reactive ketones (excluding diaryl/α,β-unsaturated/α-hetero) is 2. The SMILES string of the molecule is COc1cc2c(c(O)c1C(C)=O)C(=O)CC(C)(C)O2. The summed E-state index contributed by atoms with van der Waals surface area (Å²) in [6.45, 7) is 4.88. The van der Waals surface area contributed by atoms with E-state index in [1.807, 2.05) is 0 Å². The van der Waals surface area contributed by atoms with E-state index in [0.717, 1.165) is 0 Å². The van der Waals surface area contributed by atoms with Crippen LogP contribution in [0.4, 0.5) is 0 Å². The van der Waals surface area contributed by atoms with Crippen molar-refractivity contribution in [1.29, 1.82) is 0 Å². The number of carbonyl (C=O) groups is 2. The van der Waals surface area contributed by atoms with Gasteiger partial charge in [0, 0.05) is 6.07 Å². The fraction of sp³-hybridized carbons (Fsp3) is 0.429. The van der Waals surface area contributed by atoms with Crippen molar-refractivity contribution in [1.82, 2.24) is 0 Å². The summed E-state index contributed by atoms with van der Waals surface area (Å²) in [5.74, 6) is -0.513. The lowest BCUT2D eigenvalue weighted by Crippen LogP contribution is -2.36. The minimum atomic E-state index is -0.640. The largest absolute Gasteiger partial charge is 0.506 e. The molecule has 1 aromatic carbocycles. The average molecular weight is 264 g/mol. The van der Waals surface area contributed by atoms with Gasteiger partial charge >= 0.3 is 0 Å². The van der Waals surface area contributed by atoms with E-state index in [1.54, 1.807) is 13.8 Å². The van der Waals surface area contributed by atoms with Crippen molar-refractivity contribution in [2.45, 2.75) is 32.8 Å². The third kappa shape index (κ3) is 2.16.